The fourth-order valence-corrected chi connectivity index (χ4v) is 5.60. The van der Waals surface area contributed by atoms with Crippen LogP contribution in [-0.2, 0) is 10.0 Å². The molecule has 158 valence electrons. The number of H-pyrrole nitrogens is 1. The van der Waals surface area contributed by atoms with Crippen LogP contribution in [0.2, 0.25) is 0 Å². The van der Waals surface area contributed by atoms with Crippen molar-refractivity contribution in [2.45, 2.75) is 23.8 Å². The predicted molar refractivity (Wildman–Crippen MR) is 121 cm³/mol. The molecule has 5 rings (SSSR count). The Balaban J connectivity index is 1.49. The standard InChI is InChI=1S/C22H19N3O4S2/c1-29-16-8-2-13(3-9-16)18-12-30-22-19(18)21(26)23-20(24-22)14-4-10-17(11-5-14)31(27,28)25-15-6-7-15/h2-5,8-12,15,25H,6-7H2,1H3,(H,23,24,26). The number of hydrogen-bond donors (Lipinski definition) is 2. The highest BCUT2D eigenvalue weighted by molar-refractivity contribution is 7.89. The SMILES string of the molecule is COc1ccc(-c2csc3nc(-c4ccc(S(=O)(=O)NC5CC5)cc4)[nH]c(=O)c23)cc1. The van der Waals surface area contributed by atoms with Crippen LogP contribution >= 0.6 is 11.3 Å². The Morgan fingerprint density at radius 3 is 2.39 bits per heavy atom. The lowest BCUT2D eigenvalue weighted by Crippen LogP contribution is -2.25. The van der Waals surface area contributed by atoms with Crippen LogP contribution in [0.4, 0.5) is 0 Å². The molecule has 1 fully saturated rings. The zero-order chi connectivity index (χ0) is 21.6. The Kier molecular flexibility index (Phi) is 4.88. The van der Waals surface area contributed by atoms with Gasteiger partial charge < -0.3 is 9.72 Å². The van der Waals surface area contributed by atoms with Crippen molar-refractivity contribution in [1.82, 2.24) is 14.7 Å². The summed E-state index contributed by atoms with van der Waals surface area (Å²) in [6.45, 7) is 0. The van der Waals surface area contributed by atoms with Crippen molar-refractivity contribution in [2.75, 3.05) is 7.11 Å². The smallest absolute Gasteiger partial charge is 0.260 e. The van der Waals surface area contributed by atoms with E-state index >= 15 is 0 Å². The van der Waals surface area contributed by atoms with E-state index < -0.39 is 10.0 Å². The highest BCUT2D eigenvalue weighted by atomic mass is 32.2. The molecule has 0 spiro atoms. The lowest BCUT2D eigenvalue weighted by Gasteiger charge is -2.07. The van der Waals surface area contributed by atoms with Crippen molar-refractivity contribution in [2.24, 2.45) is 0 Å². The molecule has 2 heterocycles. The van der Waals surface area contributed by atoms with Crippen molar-refractivity contribution in [1.29, 1.82) is 0 Å². The Bertz CT molecular complexity index is 1420. The largest absolute Gasteiger partial charge is 0.497 e. The molecule has 1 aliphatic carbocycles. The number of thiophene rings is 1. The second-order valence-electron chi connectivity index (χ2n) is 7.39. The fourth-order valence-electron chi connectivity index (χ4n) is 3.35. The first-order valence-electron chi connectivity index (χ1n) is 9.73. The topological polar surface area (TPSA) is 101 Å². The fraction of sp³-hybridized carbons (Fsp3) is 0.182. The first kappa shape index (κ1) is 19.9. The summed E-state index contributed by atoms with van der Waals surface area (Å²) in [5.41, 5.74) is 2.13. The van der Waals surface area contributed by atoms with Crippen LogP contribution in [0.25, 0.3) is 32.7 Å². The molecule has 9 heteroatoms. The zero-order valence-electron chi connectivity index (χ0n) is 16.6. The van der Waals surface area contributed by atoms with E-state index in [1.807, 2.05) is 29.6 Å². The summed E-state index contributed by atoms with van der Waals surface area (Å²) in [6, 6.07) is 13.9. The van der Waals surface area contributed by atoms with Gasteiger partial charge in [0.1, 0.15) is 16.4 Å². The molecule has 0 aliphatic heterocycles. The van der Waals surface area contributed by atoms with Crippen LogP contribution in [0.5, 0.6) is 5.75 Å². The highest BCUT2D eigenvalue weighted by Gasteiger charge is 2.28. The van der Waals surface area contributed by atoms with Crippen molar-refractivity contribution >= 4 is 31.6 Å². The third-order valence-electron chi connectivity index (χ3n) is 5.18. The van der Waals surface area contributed by atoms with Crippen LogP contribution in [0.3, 0.4) is 0 Å². The van der Waals surface area contributed by atoms with Crippen LogP contribution in [0.15, 0.2) is 63.6 Å². The van der Waals surface area contributed by atoms with Crippen molar-refractivity contribution in [3.63, 3.8) is 0 Å². The number of hydrogen-bond acceptors (Lipinski definition) is 6. The zero-order valence-corrected chi connectivity index (χ0v) is 18.2. The van der Waals surface area contributed by atoms with Gasteiger partial charge in [-0.15, -0.1) is 11.3 Å². The number of nitrogens with one attached hydrogen (secondary N) is 2. The molecule has 7 nitrogen and oxygen atoms in total. The molecule has 0 atom stereocenters. The van der Waals surface area contributed by atoms with Gasteiger partial charge in [-0.05, 0) is 54.8 Å². The summed E-state index contributed by atoms with van der Waals surface area (Å²) in [7, 11) is -1.91. The second kappa shape index (κ2) is 7.60. The van der Waals surface area contributed by atoms with E-state index in [1.165, 1.54) is 23.5 Å². The molecule has 1 saturated carbocycles. The predicted octanol–water partition coefficient (Wildman–Crippen LogP) is 3.77. The molecule has 0 bridgehead atoms. The quantitative estimate of drug-likeness (QED) is 0.463. The Labute approximate surface area is 182 Å². The first-order valence-corrected chi connectivity index (χ1v) is 12.1. The van der Waals surface area contributed by atoms with E-state index in [0.717, 1.165) is 29.7 Å². The molecule has 2 aromatic heterocycles. The van der Waals surface area contributed by atoms with E-state index in [9.17, 15) is 13.2 Å². The average Bonchev–Trinajstić information content (AvgIpc) is 3.47. The minimum absolute atomic E-state index is 0.0452. The summed E-state index contributed by atoms with van der Waals surface area (Å²) >= 11 is 1.39. The lowest BCUT2D eigenvalue weighted by atomic mass is 10.1. The minimum Gasteiger partial charge on any atom is -0.497 e. The molecule has 2 N–H and O–H groups in total. The molecule has 31 heavy (non-hydrogen) atoms. The van der Waals surface area contributed by atoms with Gasteiger partial charge in [-0.2, -0.15) is 0 Å². The van der Waals surface area contributed by atoms with Gasteiger partial charge in [0.25, 0.3) is 5.56 Å². The van der Waals surface area contributed by atoms with Crippen molar-refractivity contribution in [3.8, 4) is 28.3 Å². The molecule has 0 amide bonds. The third kappa shape index (κ3) is 3.87. The third-order valence-corrected chi connectivity index (χ3v) is 7.59. The number of sulfonamides is 1. The lowest BCUT2D eigenvalue weighted by molar-refractivity contribution is 0.415. The Morgan fingerprint density at radius 2 is 1.74 bits per heavy atom. The maximum absolute atomic E-state index is 12.9. The van der Waals surface area contributed by atoms with E-state index in [1.54, 1.807) is 19.2 Å². The maximum atomic E-state index is 12.9. The molecule has 1 aliphatic rings. The minimum atomic E-state index is -3.52. The van der Waals surface area contributed by atoms with Gasteiger partial charge in [0.2, 0.25) is 10.0 Å². The number of aromatic amines is 1. The maximum Gasteiger partial charge on any atom is 0.260 e. The van der Waals surface area contributed by atoms with Gasteiger partial charge in [-0.25, -0.2) is 18.1 Å². The first-order chi connectivity index (χ1) is 14.9. The summed E-state index contributed by atoms with van der Waals surface area (Å²) in [5.74, 6) is 1.15. The average molecular weight is 454 g/mol. The van der Waals surface area contributed by atoms with Crippen molar-refractivity contribution < 1.29 is 13.2 Å². The van der Waals surface area contributed by atoms with Crippen LogP contribution in [-0.4, -0.2) is 31.5 Å². The summed E-state index contributed by atoms with van der Waals surface area (Å²) in [4.78, 5) is 21.2. The normalized spacial score (nSPS) is 14.1. The van der Waals surface area contributed by atoms with E-state index in [0.29, 0.717) is 21.6 Å². The van der Waals surface area contributed by atoms with Gasteiger partial charge in [0, 0.05) is 22.5 Å². The number of methoxy groups -OCH3 is 1. The second-order valence-corrected chi connectivity index (χ2v) is 9.96. The number of ether oxygens (including phenoxy) is 1. The molecule has 0 unspecified atom stereocenters. The van der Waals surface area contributed by atoms with Gasteiger partial charge in [-0.1, -0.05) is 12.1 Å². The molecule has 4 aromatic rings. The monoisotopic (exact) mass is 453 g/mol. The van der Waals surface area contributed by atoms with Gasteiger partial charge >= 0.3 is 0 Å². The van der Waals surface area contributed by atoms with E-state index in [4.69, 9.17) is 4.74 Å². The summed E-state index contributed by atoms with van der Waals surface area (Å²) in [6.07, 6.45) is 1.75. The Morgan fingerprint density at radius 1 is 1.06 bits per heavy atom. The van der Waals surface area contributed by atoms with E-state index in [2.05, 4.69) is 14.7 Å². The molecular formula is C22H19N3O4S2. The number of aromatic nitrogens is 2. The summed E-state index contributed by atoms with van der Waals surface area (Å²) in [5, 5.41) is 2.45. The molecule has 0 saturated heterocycles. The van der Waals surface area contributed by atoms with Crippen LogP contribution < -0.4 is 15.0 Å². The van der Waals surface area contributed by atoms with Gasteiger partial charge in [0.15, 0.2) is 0 Å². The molecule has 2 aromatic carbocycles. The molecule has 0 radical (unpaired) electrons. The van der Waals surface area contributed by atoms with Crippen LogP contribution in [0.1, 0.15) is 12.8 Å². The van der Waals surface area contributed by atoms with Crippen molar-refractivity contribution in [3.05, 3.63) is 64.3 Å². The van der Waals surface area contributed by atoms with Crippen LogP contribution in [0, 0.1) is 0 Å². The van der Waals surface area contributed by atoms with Gasteiger partial charge in [0.05, 0.1) is 17.4 Å². The van der Waals surface area contributed by atoms with E-state index in [-0.39, 0.29) is 16.5 Å². The Hall–Kier alpha value is -3.01. The molecular weight excluding hydrogens is 434 g/mol. The number of fused-ring (bicyclic) bond motifs is 1. The number of rotatable bonds is 6. The number of benzene rings is 2. The van der Waals surface area contributed by atoms with Gasteiger partial charge in [-0.3, -0.25) is 4.79 Å². The summed E-state index contributed by atoms with van der Waals surface area (Å²) < 4.78 is 32.5. The highest BCUT2D eigenvalue weighted by Crippen LogP contribution is 2.32. The number of nitrogens with zero attached hydrogens (tertiary/aromatic N) is 1.